The van der Waals surface area contributed by atoms with Gasteiger partial charge in [-0.3, -0.25) is 4.90 Å². The van der Waals surface area contributed by atoms with E-state index in [-0.39, 0.29) is 6.04 Å². The smallest absolute Gasteiger partial charge is 0.211 e. The SMILES string of the molecule is CS(=O)(=O)N1CCCC(Nc2nc(CN3CCOCC3)nc3sc4c(c23)CCCC4)C1. The molecule has 2 saturated heterocycles. The van der Waals surface area contributed by atoms with E-state index in [2.05, 4.69) is 10.2 Å². The molecule has 0 amide bonds. The summed E-state index contributed by atoms with van der Waals surface area (Å²) < 4.78 is 31.2. The molecule has 2 aromatic heterocycles. The quantitative estimate of drug-likeness (QED) is 0.725. The zero-order valence-corrected chi connectivity index (χ0v) is 19.7. The van der Waals surface area contributed by atoms with Crippen molar-refractivity contribution in [3.05, 3.63) is 16.3 Å². The molecule has 10 heteroatoms. The number of fused-ring (bicyclic) bond motifs is 3. The standard InChI is InChI=1S/C21H31N5O3S2/c1-31(27,28)26-8-4-5-15(13-26)22-20-19-16-6-2-3-7-17(16)30-21(19)24-18(23-20)14-25-9-11-29-12-10-25/h15H,2-14H2,1H3,(H,22,23,24). The van der Waals surface area contributed by atoms with Crippen LogP contribution in [0.2, 0.25) is 0 Å². The highest BCUT2D eigenvalue weighted by molar-refractivity contribution is 7.88. The minimum Gasteiger partial charge on any atom is -0.379 e. The van der Waals surface area contributed by atoms with Gasteiger partial charge >= 0.3 is 0 Å². The van der Waals surface area contributed by atoms with Crippen molar-refractivity contribution in [1.29, 1.82) is 0 Å². The number of thiophene rings is 1. The summed E-state index contributed by atoms with van der Waals surface area (Å²) in [4.78, 5) is 14.8. The Morgan fingerprint density at radius 1 is 1.13 bits per heavy atom. The molecule has 1 atom stereocenters. The Morgan fingerprint density at radius 3 is 2.74 bits per heavy atom. The summed E-state index contributed by atoms with van der Waals surface area (Å²) >= 11 is 1.82. The molecule has 2 fully saturated rings. The van der Waals surface area contributed by atoms with Gasteiger partial charge in [0.05, 0.1) is 31.4 Å². The van der Waals surface area contributed by atoms with E-state index in [1.54, 1.807) is 4.31 Å². The fourth-order valence-corrected chi connectivity index (χ4v) is 7.08. The minimum atomic E-state index is -3.18. The van der Waals surface area contributed by atoms with E-state index >= 15 is 0 Å². The third-order valence-electron chi connectivity index (χ3n) is 6.52. The zero-order chi connectivity index (χ0) is 21.4. The number of hydrogen-bond acceptors (Lipinski definition) is 8. The van der Waals surface area contributed by atoms with Crippen LogP contribution in [0.3, 0.4) is 0 Å². The van der Waals surface area contributed by atoms with Gasteiger partial charge in [0.25, 0.3) is 0 Å². The largest absolute Gasteiger partial charge is 0.379 e. The summed E-state index contributed by atoms with van der Waals surface area (Å²) in [6.45, 7) is 5.13. The first-order valence-electron chi connectivity index (χ1n) is 11.3. The van der Waals surface area contributed by atoms with E-state index in [1.165, 1.54) is 34.9 Å². The maximum absolute atomic E-state index is 12.1. The van der Waals surface area contributed by atoms with Crippen molar-refractivity contribution in [2.45, 2.75) is 51.1 Å². The molecule has 3 aliphatic rings. The maximum Gasteiger partial charge on any atom is 0.211 e. The summed E-state index contributed by atoms with van der Waals surface area (Å²) in [6, 6.07) is 0.0666. The fraction of sp³-hybridized carbons (Fsp3) is 0.714. The second-order valence-electron chi connectivity index (χ2n) is 8.87. The van der Waals surface area contributed by atoms with Crippen molar-refractivity contribution in [1.82, 2.24) is 19.2 Å². The first-order chi connectivity index (χ1) is 15.0. The molecule has 0 radical (unpaired) electrons. The van der Waals surface area contributed by atoms with Gasteiger partial charge in [-0.15, -0.1) is 11.3 Å². The summed E-state index contributed by atoms with van der Waals surface area (Å²) in [5.41, 5.74) is 1.41. The lowest BCUT2D eigenvalue weighted by Gasteiger charge is -2.32. The van der Waals surface area contributed by atoms with Crippen molar-refractivity contribution < 1.29 is 13.2 Å². The predicted octanol–water partition coefficient (Wildman–Crippen LogP) is 2.24. The van der Waals surface area contributed by atoms with Crippen molar-refractivity contribution in [2.24, 2.45) is 0 Å². The number of ether oxygens (including phenoxy) is 1. The van der Waals surface area contributed by atoms with Crippen LogP contribution in [-0.2, 0) is 34.1 Å². The van der Waals surface area contributed by atoms with Crippen LogP contribution < -0.4 is 5.32 Å². The number of morpholine rings is 1. The highest BCUT2D eigenvalue weighted by Gasteiger charge is 2.28. The Balaban J connectivity index is 1.47. The topological polar surface area (TPSA) is 87.7 Å². The number of hydrogen-bond donors (Lipinski definition) is 1. The van der Waals surface area contributed by atoms with Gasteiger partial charge in [0.1, 0.15) is 16.5 Å². The molecule has 5 rings (SSSR count). The molecule has 2 aliphatic heterocycles. The minimum absolute atomic E-state index is 0.0666. The Labute approximate surface area is 188 Å². The molecule has 0 bridgehead atoms. The molecule has 31 heavy (non-hydrogen) atoms. The van der Waals surface area contributed by atoms with Crippen LogP contribution >= 0.6 is 11.3 Å². The summed E-state index contributed by atoms with van der Waals surface area (Å²) in [5.74, 6) is 1.74. The van der Waals surface area contributed by atoms with Gasteiger partial charge in [-0.1, -0.05) is 0 Å². The molecule has 1 aliphatic carbocycles. The molecule has 0 aromatic carbocycles. The maximum atomic E-state index is 12.1. The number of nitrogens with one attached hydrogen (secondary N) is 1. The molecule has 0 spiro atoms. The Hall–Kier alpha value is -1.33. The summed E-state index contributed by atoms with van der Waals surface area (Å²) in [7, 11) is -3.18. The molecule has 1 N–H and O–H groups in total. The van der Waals surface area contributed by atoms with E-state index in [9.17, 15) is 8.42 Å². The molecule has 170 valence electrons. The average Bonchev–Trinajstić information content (AvgIpc) is 3.13. The van der Waals surface area contributed by atoms with Gasteiger partial charge in [0, 0.05) is 37.1 Å². The second kappa shape index (κ2) is 8.90. The van der Waals surface area contributed by atoms with Crippen LogP contribution in [0.4, 0.5) is 5.82 Å². The van der Waals surface area contributed by atoms with Crippen LogP contribution in [0, 0.1) is 0 Å². The lowest BCUT2D eigenvalue weighted by atomic mass is 9.97. The average molecular weight is 466 g/mol. The first kappa shape index (κ1) is 21.5. The van der Waals surface area contributed by atoms with E-state index < -0.39 is 10.0 Å². The van der Waals surface area contributed by atoms with Crippen molar-refractivity contribution in [2.75, 3.05) is 51.0 Å². The number of sulfonamides is 1. The molecule has 4 heterocycles. The van der Waals surface area contributed by atoms with Crippen LogP contribution in [0.1, 0.15) is 41.9 Å². The van der Waals surface area contributed by atoms with Gasteiger partial charge in [0.15, 0.2) is 0 Å². The monoisotopic (exact) mass is 465 g/mol. The highest BCUT2D eigenvalue weighted by Crippen LogP contribution is 2.39. The summed E-state index contributed by atoms with van der Waals surface area (Å²) in [5, 5.41) is 4.81. The molecule has 1 unspecified atom stereocenters. The van der Waals surface area contributed by atoms with E-state index in [1.807, 2.05) is 11.3 Å². The number of anilines is 1. The third kappa shape index (κ3) is 4.73. The lowest BCUT2D eigenvalue weighted by Crippen LogP contribution is -2.44. The van der Waals surface area contributed by atoms with Crippen molar-refractivity contribution >= 4 is 37.4 Å². The van der Waals surface area contributed by atoms with E-state index in [4.69, 9.17) is 14.7 Å². The van der Waals surface area contributed by atoms with Gasteiger partial charge in [-0.05, 0) is 44.1 Å². The molecule has 0 saturated carbocycles. The zero-order valence-electron chi connectivity index (χ0n) is 18.1. The number of nitrogens with zero attached hydrogens (tertiary/aromatic N) is 4. The van der Waals surface area contributed by atoms with Crippen molar-refractivity contribution in [3.8, 4) is 0 Å². The third-order valence-corrected chi connectivity index (χ3v) is 8.98. The molecule has 2 aromatic rings. The lowest BCUT2D eigenvalue weighted by molar-refractivity contribution is 0.0331. The summed E-state index contributed by atoms with van der Waals surface area (Å²) in [6.07, 6.45) is 7.76. The molecular formula is C21H31N5O3S2. The van der Waals surface area contributed by atoms with Gasteiger partial charge in [-0.25, -0.2) is 22.7 Å². The van der Waals surface area contributed by atoms with E-state index in [0.717, 1.165) is 75.0 Å². The van der Waals surface area contributed by atoms with E-state index in [0.29, 0.717) is 13.1 Å². The second-order valence-corrected chi connectivity index (χ2v) is 11.9. The Kier molecular flexibility index (Phi) is 6.17. The molecule has 8 nitrogen and oxygen atoms in total. The van der Waals surface area contributed by atoms with Gasteiger partial charge in [0.2, 0.25) is 10.0 Å². The van der Waals surface area contributed by atoms with Crippen molar-refractivity contribution in [3.63, 3.8) is 0 Å². The van der Waals surface area contributed by atoms with Crippen LogP contribution in [0.15, 0.2) is 0 Å². The first-order valence-corrected chi connectivity index (χ1v) is 14.0. The Morgan fingerprint density at radius 2 is 1.94 bits per heavy atom. The predicted molar refractivity (Wildman–Crippen MR) is 123 cm³/mol. The number of aromatic nitrogens is 2. The van der Waals surface area contributed by atoms with Gasteiger partial charge < -0.3 is 10.1 Å². The fourth-order valence-electron chi connectivity index (χ4n) is 4.89. The normalized spacial score (nSPS) is 23.7. The molecular weight excluding hydrogens is 434 g/mol. The van der Waals surface area contributed by atoms with Crippen LogP contribution in [-0.4, -0.2) is 79.3 Å². The van der Waals surface area contributed by atoms with Crippen LogP contribution in [0.5, 0.6) is 0 Å². The number of aryl methyl sites for hydroxylation is 2. The van der Waals surface area contributed by atoms with Gasteiger partial charge in [-0.2, -0.15) is 0 Å². The Bertz CT molecular complexity index is 1050. The number of rotatable bonds is 5. The highest BCUT2D eigenvalue weighted by atomic mass is 32.2. The van der Waals surface area contributed by atoms with Crippen LogP contribution in [0.25, 0.3) is 10.2 Å². The number of piperidine rings is 1.